The fourth-order valence-corrected chi connectivity index (χ4v) is 5.99. The molecule has 6 heteroatoms. The van der Waals surface area contributed by atoms with Gasteiger partial charge in [-0.3, -0.25) is 0 Å². The molecule has 1 atom stereocenters. The summed E-state index contributed by atoms with van der Waals surface area (Å²) >= 11 is 6.55. The van der Waals surface area contributed by atoms with Crippen LogP contribution in [-0.2, 0) is 9.84 Å². The molecule has 1 aromatic heterocycles. The molecule has 0 amide bonds. The lowest BCUT2D eigenvalue weighted by atomic mass is 10.0. The van der Waals surface area contributed by atoms with Gasteiger partial charge >= 0.3 is 0 Å². The van der Waals surface area contributed by atoms with Crippen LogP contribution in [0.25, 0.3) is 22.7 Å². The molecule has 0 fully saturated rings. The summed E-state index contributed by atoms with van der Waals surface area (Å²) in [4.78, 5) is 4.97. The van der Waals surface area contributed by atoms with Gasteiger partial charge in [-0.2, -0.15) is 0 Å². The fourth-order valence-electron chi connectivity index (χ4n) is 4.02. The molecule has 4 aromatic carbocycles. The van der Waals surface area contributed by atoms with Crippen molar-refractivity contribution in [1.29, 1.82) is 0 Å². The van der Waals surface area contributed by atoms with Gasteiger partial charge in [-0.15, -0.1) is 0 Å². The van der Waals surface area contributed by atoms with E-state index in [4.69, 9.17) is 21.0 Å². The van der Waals surface area contributed by atoms with E-state index in [-0.39, 0.29) is 10.7 Å². The second-order valence-corrected chi connectivity index (χ2v) is 10.7. The van der Waals surface area contributed by atoms with Crippen LogP contribution in [0.4, 0.5) is 0 Å². The number of nitrogens with zero attached hydrogens (tertiary/aromatic N) is 1. The first-order valence-electron chi connectivity index (χ1n) is 11.1. The molecule has 0 aliphatic carbocycles. The van der Waals surface area contributed by atoms with Crippen molar-refractivity contribution in [2.45, 2.75) is 17.1 Å². The number of rotatable bonds is 6. The van der Waals surface area contributed by atoms with Crippen molar-refractivity contribution in [2.24, 2.45) is 0 Å². The minimum Gasteiger partial charge on any atom is -0.439 e. The predicted molar refractivity (Wildman–Crippen MR) is 139 cm³/mol. The first-order chi connectivity index (χ1) is 16.9. The molecule has 5 aromatic rings. The third kappa shape index (κ3) is 4.53. The Labute approximate surface area is 209 Å². The summed E-state index contributed by atoms with van der Waals surface area (Å²) in [5.41, 5.74) is 3.31. The maximum Gasteiger partial charge on any atom is 0.226 e. The van der Waals surface area contributed by atoms with Crippen LogP contribution in [0, 0.1) is 6.92 Å². The highest BCUT2D eigenvalue weighted by molar-refractivity contribution is 7.91. The smallest absolute Gasteiger partial charge is 0.226 e. The molecular formula is C29H22ClNO3S. The van der Waals surface area contributed by atoms with Gasteiger partial charge in [0, 0.05) is 11.1 Å². The molecule has 0 aliphatic heterocycles. The maximum absolute atomic E-state index is 14.1. The van der Waals surface area contributed by atoms with E-state index in [0.717, 1.165) is 11.1 Å². The first-order valence-corrected chi connectivity index (χ1v) is 13.0. The Bertz CT molecular complexity index is 1560. The van der Waals surface area contributed by atoms with E-state index in [0.29, 0.717) is 27.7 Å². The topological polar surface area (TPSA) is 60.2 Å². The van der Waals surface area contributed by atoms with Crippen molar-refractivity contribution >= 4 is 21.4 Å². The SMILES string of the molecule is Cc1ccc(S(=O)(=O)C(c2ccccc2)c2oc(-c3ccccc3)nc2-c2ccccc2Cl)cc1. The number of benzene rings is 4. The fraction of sp³-hybridized carbons (Fsp3) is 0.0690. The van der Waals surface area contributed by atoms with E-state index >= 15 is 0 Å². The van der Waals surface area contributed by atoms with Crippen molar-refractivity contribution in [3.63, 3.8) is 0 Å². The largest absolute Gasteiger partial charge is 0.439 e. The number of aryl methyl sites for hydroxylation is 1. The van der Waals surface area contributed by atoms with Crippen molar-refractivity contribution in [2.75, 3.05) is 0 Å². The normalized spacial score (nSPS) is 12.4. The molecule has 0 saturated carbocycles. The molecule has 0 radical (unpaired) electrons. The van der Waals surface area contributed by atoms with Crippen molar-refractivity contribution in [3.05, 3.63) is 131 Å². The summed E-state index contributed by atoms with van der Waals surface area (Å²) in [6.07, 6.45) is 0. The van der Waals surface area contributed by atoms with Gasteiger partial charge < -0.3 is 4.42 Å². The van der Waals surface area contributed by atoms with E-state index in [1.807, 2.05) is 73.7 Å². The molecule has 0 bridgehead atoms. The third-order valence-corrected chi connectivity index (χ3v) is 8.17. The highest BCUT2D eigenvalue weighted by Gasteiger charge is 2.37. The zero-order chi connectivity index (χ0) is 24.4. The van der Waals surface area contributed by atoms with E-state index in [9.17, 15) is 8.42 Å². The van der Waals surface area contributed by atoms with Crippen LogP contribution in [-0.4, -0.2) is 13.4 Å². The van der Waals surface area contributed by atoms with Crippen LogP contribution < -0.4 is 0 Å². The van der Waals surface area contributed by atoms with E-state index in [1.54, 1.807) is 42.5 Å². The Hall–Kier alpha value is -3.67. The molecular weight excluding hydrogens is 478 g/mol. The Morgan fingerprint density at radius 2 is 1.37 bits per heavy atom. The number of aromatic nitrogens is 1. The molecule has 174 valence electrons. The molecule has 35 heavy (non-hydrogen) atoms. The molecule has 5 rings (SSSR count). The predicted octanol–water partition coefficient (Wildman–Crippen LogP) is 7.53. The van der Waals surface area contributed by atoms with E-state index in [2.05, 4.69) is 0 Å². The van der Waals surface area contributed by atoms with Gasteiger partial charge in [-0.25, -0.2) is 13.4 Å². The highest BCUT2D eigenvalue weighted by atomic mass is 35.5. The minimum absolute atomic E-state index is 0.208. The Morgan fingerprint density at radius 1 is 0.771 bits per heavy atom. The van der Waals surface area contributed by atoms with Crippen LogP contribution in [0.5, 0.6) is 0 Å². The maximum atomic E-state index is 14.1. The van der Waals surface area contributed by atoms with Crippen LogP contribution in [0.3, 0.4) is 0 Å². The summed E-state index contributed by atoms with van der Waals surface area (Å²) in [6, 6.07) is 32.5. The average molecular weight is 500 g/mol. The Morgan fingerprint density at radius 3 is 2.03 bits per heavy atom. The van der Waals surface area contributed by atoms with Gasteiger partial charge in [0.1, 0.15) is 5.69 Å². The quantitative estimate of drug-likeness (QED) is 0.242. The number of oxazole rings is 1. The number of sulfone groups is 1. The van der Waals surface area contributed by atoms with Gasteiger partial charge in [0.05, 0.1) is 9.92 Å². The molecule has 4 nitrogen and oxygen atoms in total. The van der Waals surface area contributed by atoms with Crippen molar-refractivity contribution in [3.8, 4) is 22.7 Å². The lowest BCUT2D eigenvalue weighted by Crippen LogP contribution is -2.15. The zero-order valence-electron chi connectivity index (χ0n) is 18.9. The summed E-state index contributed by atoms with van der Waals surface area (Å²) in [5.74, 6) is 0.555. The van der Waals surface area contributed by atoms with Crippen molar-refractivity contribution in [1.82, 2.24) is 4.98 Å². The molecule has 0 N–H and O–H groups in total. The van der Waals surface area contributed by atoms with Gasteiger partial charge in [-0.05, 0) is 42.8 Å². The first kappa shape index (κ1) is 23.1. The summed E-state index contributed by atoms with van der Waals surface area (Å²) in [6.45, 7) is 1.92. The van der Waals surface area contributed by atoms with Crippen LogP contribution >= 0.6 is 11.6 Å². The molecule has 0 aliphatic rings. The number of halogens is 1. The third-order valence-electron chi connectivity index (χ3n) is 5.80. The van der Waals surface area contributed by atoms with Gasteiger partial charge in [-0.1, -0.05) is 96.0 Å². The standard InChI is InChI=1S/C29H22ClNO3S/c1-20-16-18-23(19-17-20)35(32,33)28(21-10-4-2-5-11-21)27-26(24-14-8-9-15-25(24)30)31-29(34-27)22-12-6-3-7-13-22/h2-19,28H,1H3. The summed E-state index contributed by atoms with van der Waals surface area (Å²) < 4.78 is 34.6. The monoisotopic (exact) mass is 499 g/mol. The Balaban J connectivity index is 1.80. The second-order valence-electron chi connectivity index (χ2n) is 8.23. The van der Waals surface area contributed by atoms with Crippen molar-refractivity contribution < 1.29 is 12.8 Å². The molecule has 0 saturated heterocycles. The van der Waals surface area contributed by atoms with Gasteiger partial charge in [0.25, 0.3) is 0 Å². The lowest BCUT2D eigenvalue weighted by Gasteiger charge is -2.18. The summed E-state index contributed by atoms with van der Waals surface area (Å²) in [5, 5.41) is -0.663. The van der Waals surface area contributed by atoms with Gasteiger partial charge in [0.15, 0.2) is 20.8 Å². The van der Waals surface area contributed by atoms with Crippen LogP contribution in [0.2, 0.25) is 5.02 Å². The van der Waals surface area contributed by atoms with Gasteiger partial charge in [0.2, 0.25) is 5.89 Å². The zero-order valence-corrected chi connectivity index (χ0v) is 20.5. The Kier molecular flexibility index (Phi) is 6.29. The van der Waals surface area contributed by atoms with E-state index < -0.39 is 15.1 Å². The van der Waals surface area contributed by atoms with Crippen LogP contribution in [0.1, 0.15) is 22.1 Å². The lowest BCUT2D eigenvalue weighted by molar-refractivity contribution is 0.513. The summed E-state index contributed by atoms with van der Waals surface area (Å²) in [7, 11) is -3.91. The van der Waals surface area contributed by atoms with E-state index in [1.165, 1.54) is 0 Å². The number of hydrogen-bond donors (Lipinski definition) is 0. The minimum atomic E-state index is -3.91. The number of hydrogen-bond acceptors (Lipinski definition) is 4. The molecule has 1 unspecified atom stereocenters. The molecule has 1 heterocycles. The molecule has 0 spiro atoms. The highest BCUT2D eigenvalue weighted by Crippen LogP contribution is 2.43. The van der Waals surface area contributed by atoms with Crippen LogP contribution in [0.15, 0.2) is 119 Å². The average Bonchev–Trinajstić information content (AvgIpc) is 3.30. The second kappa shape index (κ2) is 9.53.